The second-order valence-electron chi connectivity index (χ2n) is 3.24. The zero-order valence-electron chi connectivity index (χ0n) is 9.82. The Bertz CT molecular complexity index is 394. The normalized spacial score (nSPS) is 10.4. The summed E-state index contributed by atoms with van der Waals surface area (Å²) in [4.78, 5) is 11.2. The topological polar surface area (TPSA) is 35.5 Å². The van der Waals surface area contributed by atoms with Gasteiger partial charge in [-0.15, -0.1) is 0 Å². The van der Waals surface area contributed by atoms with E-state index in [-0.39, 0.29) is 5.78 Å². The van der Waals surface area contributed by atoms with Gasteiger partial charge in [-0.3, -0.25) is 4.79 Å². The van der Waals surface area contributed by atoms with Crippen molar-refractivity contribution in [1.29, 1.82) is 0 Å². The van der Waals surface area contributed by atoms with Crippen molar-refractivity contribution < 1.29 is 14.3 Å². The molecule has 0 unspecified atom stereocenters. The average molecular weight is 220 g/mol. The van der Waals surface area contributed by atoms with Crippen LogP contribution in [0.1, 0.15) is 18.9 Å². The monoisotopic (exact) mass is 220 g/mol. The molecule has 0 heterocycles. The summed E-state index contributed by atoms with van der Waals surface area (Å²) in [7, 11) is 3.17. The molecule has 3 nitrogen and oxygen atoms in total. The molecule has 0 aliphatic heterocycles. The van der Waals surface area contributed by atoms with Crippen LogP contribution in [0.3, 0.4) is 0 Å². The molecular formula is C13H16O3. The summed E-state index contributed by atoms with van der Waals surface area (Å²) >= 11 is 0. The zero-order valence-corrected chi connectivity index (χ0v) is 9.82. The lowest BCUT2D eigenvalue weighted by molar-refractivity contribution is -0.114. The van der Waals surface area contributed by atoms with Gasteiger partial charge in [0.15, 0.2) is 17.3 Å². The molecular weight excluding hydrogens is 204 g/mol. The van der Waals surface area contributed by atoms with E-state index in [1.165, 1.54) is 0 Å². The number of benzene rings is 1. The molecule has 0 saturated carbocycles. The summed E-state index contributed by atoms with van der Waals surface area (Å²) in [6, 6.07) is 5.55. The zero-order chi connectivity index (χ0) is 12.0. The number of hydrogen-bond donors (Lipinski definition) is 0. The van der Waals surface area contributed by atoms with Gasteiger partial charge in [0, 0.05) is 12.0 Å². The lowest BCUT2D eigenvalue weighted by Crippen LogP contribution is -1.93. The van der Waals surface area contributed by atoms with Gasteiger partial charge in [0.05, 0.1) is 14.2 Å². The third-order valence-electron chi connectivity index (χ3n) is 2.23. The molecule has 1 rings (SSSR count). The van der Waals surface area contributed by atoms with Crippen molar-refractivity contribution in [3.63, 3.8) is 0 Å². The van der Waals surface area contributed by atoms with E-state index in [0.717, 1.165) is 5.56 Å². The number of methoxy groups -OCH3 is 2. The maximum atomic E-state index is 11.2. The van der Waals surface area contributed by atoms with Gasteiger partial charge >= 0.3 is 0 Å². The Morgan fingerprint density at radius 2 is 2.06 bits per heavy atom. The number of ether oxygens (including phenoxy) is 2. The lowest BCUT2D eigenvalue weighted by Gasteiger charge is -2.09. The highest BCUT2D eigenvalue weighted by Gasteiger charge is 2.06. The Balaban J connectivity index is 3.04. The number of ketones is 1. The minimum Gasteiger partial charge on any atom is -0.493 e. The summed E-state index contributed by atoms with van der Waals surface area (Å²) in [5, 5.41) is 0. The van der Waals surface area contributed by atoms with Crippen molar-refractivity contribution >= 4 is 11.9 Å². The largest absolute Gasteiger partial charge is 0.493 e. The number of para-hydroxylation sites is 1. The molecule has 1 aromatic rings. The Labute approximate surface area is 95.7 Å². The quantitative estimate of drug-likeness (QED) is 0.716. The van der Waals surface area contributed by atoms with E-state index >= 15 is 0 Å². The highest BCUT2D eigenvalue weighted by atomic mass is 16.5. The first kappa shape index (κ1) is 12.3. The van der Waals surface area contributed by atoms with Gasteiger partial charge in [-0.25, -0.2) is 0 Å². The fourth-order valence-corrected chi connectivity index (χ4v) is 1.34. The molecule has 1 aromatic carbocycles. The molecule has 3 heteroatoms. The second-order valence-corrected chi connectivity index (χ2v) is 3.24. The molecule has 0 amide bonds. The van der Waals surface area contributed by atoms with E-state index in [0.29, 0.717) is 17.9 Å². The van der Waals surface area contributed by atoms with Crippen LogP contribution in [0.5, 0.6) is 11.5 Å². The van der Waals surface area contributed by atoms with Gasteiger partial charge in [-0.1, -0.05) is 19.1 Å². The number of rotatable bonds is 5. The van der Waals surface area contributed by atoms with Gasteiger partial charge in [-0.2, -0.15) is 0 Å². The second kappa shape index (κ2) is 5.95. The summed E-state index contributed by atoms with van der Waals surface area (Å²) in [5.41, 5.74) is 0.837. The van der Waals surface area contributed by atoms with Crippen LogP contribution in [0.15, 0.2) is 24.3 Å². The molecule has 0 N–H and O–H groups in total. The van der Waals surface area contributed by atoms with E-state index < -0.39 is 0 Å². The Kier molecular flexibility index (Phi) is 4.58. The Hall–Kier alpha value is -1.77. The fourth-order valence-electron chi connectivity index (χ4n) is 1.34. The minimum absolute atomic E-state index is 0.0878. The van der Waals surface area contributed by atoms with Gasteiger partial charge in [-0.05, 0) is 18.2 Å². The molecule has 0 aromatic heterocycles. The average Bonchev–Trinajstić information content (AvgIpc) is 2.34. The molecule has 16 heavy (non-hydrogen) atoms. The predicted molar refractivity (Wildman–Crippen MR) is 63.9 cm³/mol. The first-order valence-corrected chi connectivity index (χ1v) is 5.14. The molecule has 0 fully saturated rings. The third kappa shape index (κ3) is 2.86. The third-order valence-corrected chi connectivity index (χ3v) is 2.23. The van der Waals surface area contributed by atoms with Crippen molar-refractivity contribution in [3.05, 3.63) is 29.8 Å². The van der Waals surface area contributed by atoms with Crippen LogP contribution >= 0.6 is 0 Å². The SMILES string of the molecule is CCC(=O)/C=C\c1cccc(OC)c1OC. The number of allylic oxidation sites excluding steroid dienone is 1. The summed E-state index contributed by atoms with van der Waals surface area (Å²) in [6.07, 6.45) is 3.80. The summed E-state index contributed by atoms with van der Waals surface area (Å²) in [6.45, 7) is 1.83. The maximum absolute atomic E-state index is 11.2. The van der Waals surface area contributed by atoms with E-state index in [1.807, 2.05) is 25.1 Å². The van der Waals surface area contributed by atoms with Crippen LogP contribution in [-0.2, 0) is 4.79 Å². The number of carbonyl (C=O) groups is 1. The fraction of sp³-hybridized carbons (Fsp3) is 0.308. The van der Waals surface area contributed by atoms with Crippen molar-refractivity contribution in [2.75, 3.05) is 14.2 Å². The molecule has 0 atom stereocenters. The summed E-state index contributed by atoms with van der Waals surface area (Å²) < 4.78 is 10.4. The predicted octanol–water partition coefficient (Wildman–Crippen LogP) is 2.70. The lowest BCUT2D eigenvalue weighted by atomic mass is 10.1. The molecule has 0 saturated heterocycles. The van der Waals surface area contributed by atoms with Gasteiger partial charge in [0.2, 0.25) is 0 Å². The van der Waals surface area contributed by atoms with Gasteiger partial charge in [0.25, 0.3) is 0 Å². The maximum Gasteiger partial charge on any atom is 0.167 e. The Morgan fingerprint density at radius 3 is 2.62 bits per heavy atom. The van der Waals surface area contributed by atoms with Crippen LogP contribution in [-0.4, -0.2) is 20.0 Å². The first-order chi connectivity index (χ1) is 7.72. The molecule has 0 aliphatic rings. The van der Waals surface area contributed by atoms with Crippen LogP contribution in [0, 0.1) is 0 Å². The van der Waals surface area contributed by atoms with Crippen molar-refractivity contribution in [2.24, 2.45) is 0 Å². The molecule has 86 valence electrons. The van der Waals surface area contributed by atoms with Crippen molar-refractivity contribution in [2.45, 2.75) is 13.3 Å². The Morgan fingerprint density at radius 1 is 1.31 bits per heavy atom. The summed E-state index contributed by atoms with van der Waals surface area (Å²) in [5.74, 6) is 1.39. The van der Waals surface area contributed by atoms with E-state index in [9.17, 15) is 4.79 Å². The van der Waals surface area contributed by atoms with Crippen molar-refractivity contribution in [3.8, 4) is 11.5 Å². The van der Waals surface area contributed by atoms with Crippen LogP contribution < -0.4 is 9.47 Å². The van der Waals surface area contributed by atoms with Gasteiger partial charge in [0.1, 0.15) is 0 Å². The van der Waals surface area contributed by atoms with Crippen LogP contribution in [0.2, 0.25) is 0 Å². The van der Waals surface area contributed by atoms with E-state index in [1.54, 1.807) is 26.4 Å². The van der Waals surface area contributed by atoms with E-state index in [4.69, 9.17) is 9.47 Å². The van der Waals surface area contributed by atoms with Crippen LogP contribution in [0.4, 0.5) is 0 Å². The van der Waals surface area contributed by atoms with Crippen LogP contribution in [0.25, 0.3) is 6.08 Å². The van der Waals surface area contributed by atoms with E-state index in [2.05, 4.69) is 0 Å². The standard InChI is InChI=1S/C13H16O3/c1-4-11(14)9-8-10-6-5-7-12(15-2)13(10)16-3/h5-9H,4H2,1-3H3/b9-8-. The smallest absolute Gasteiger partial charge is 0.167 e. The van der Waals surface area contributed by atoms with Gasteiger partial charge < -0.3 is 9.47 Å². The first-order valence-electron chi connectivity index (χ1n) is 5.14. The minimum atomic E-state index is 0.0878. The highest BCUT2D eigenvalue weighted by molar-refractivity contribution is 5.93. The molecule has 0 spiro atoms. The molecule has 0 bridgehead atoms. The van der Waals surface area contributed by atoms with Crippen molar-refractivity contribution in [1.82, 2.24) is 0 Å². The number of carbonyl (C=O) groups excluding carboxylic acids is 1. The number of hydrogen-bond acceptors (Lipinski definition) is 3. The highest BCUT2D eigenvalue weighted by Crippen LogP contribution is 2.31. The molecule has 0 aliphatic carbocycles. The molecule has 0 radical (unpaired) electrons.